The first kappa shape index (κ1) is 24.1. The molecule has 0 bridgehead atoms. The minimum absolute atomic E-state index is 0.447. The summed E-state index contributed by atoms with van der Waals surface area (Å²) >= 11 is 0. The van der Waals surface area contributed by atoms with E-state index in [1.54, 1.807) is 0 Å². The highest BCUT2D eigenvalue weighted by Gasteiger charge is 2.35. The summed E-state index contributed by atoms with van der Waals surface area (Å²) in [5.41, 5.74) is 0. The molecule has 6 nitrogen and oxygen atoms in total. The highest BCUT2D eigenvalue weighted by atomic mass is 31.2. The van der Waals surface area contributed by atoms with Gasteiger partial charge in [-0.05, 0) is 25.7 Å². The molecule has 0 aliphatic heterocycles. The van der Waals surface area contributed by atoms with Crippen molar-refractivity contribution in [3.63, 3.8) is 0 Å². The van der Waals surface area contributed by atoms with E-state index in [-0.39, 0.29) is 0 Å². The minimum atomic E-state index is -4.72. The molecule has 2 unspecified atom stereocenters. The van der Waals surface area contributed by atoms with E-state index < -0.39 is 31.6 Å². The number of carbonyl (C=O) groups is 2. The van der Waals surface area contributed by atoms with Crippen molar-refractivity contribution in [1.29, 1.82) is 0 Å². The normalized spacial score (nSPS) is 15.9. The summed E-state index contributed by atoms with van der Waals surface area (Å²) in [6.45, 7) is 7.77. The van der Waals surface area contributed by atoms with Crippen LogP contribution in [0.5, 0.6) is 0 Å². The van der Waals surface area contributed by atoms with Crippen LogP contribution in [0.3, 0.4) is 0 Å². The second-order valence-electron chi connectivity index (χ2n) is 6.49. The van der Waals surface area contributed by atoms with E-state index in [4.69, 9.17) is 0 Å². The number of hydrogen-bond donors (Lipinski definition) is 1. The van der Waals surface area contributed by atoms with Crippen LogP contribution in [0.4, 0.5) is 0 Å². The van der Waals surface area contributed by atoms with Gasteiger partial charge in [0.1, 0.15) is 0 Å². The number of unbranched alkanes of at least 4 members (excludes halogenated alkanes) is 4. The average molecular weight is 378 g/mol. The van der Waals surface area contributed by atoms with Crippen molar-refractivity contribution in [2.75, 3.05) is 0 Å². The highest BCUT2D eigenvalue weighted by molar-refractivity contribution is 7.48. The van der Waals surface area contributed by atoms with Crippen LogP contribution in [-0.4, -0.2) is 16.8 Å². The quantitative estimate of drug-likeness (QED) is 0.322. The first-order valence-electron chi connectivity index (χ1n) is 9.60. The second kappa shape index (κ2) is 13.3. The Balaban J connectivity index is 4.59. The van der Waals surface area contributed by atoms with Gasteiger partial charge in [0.15, 0.2) is 0 Å². The molecule has 0 aromatic heterocycles. The predicted octanol–water partition coefficient (Wildman–Crippen LogP) is 5.39. The Morgan fingerprint density at radius 3 is 1.44 bits per heavy atom. The molecule has 0 rings (SSSR count). The third-order valence-electron chi connectivity index (χ3n) is 4.38. The van der Waals surface area contributed by atoms with Gasteiger partial charge in [-0.15, -0.1) is 0 Å². The third-order valence-corrected chi connectivity index (χ3v) is 5.20. The number of rotatable bonds is 14. The Bertz CT molecular complexity index is 401. The molecule has 0 fully saturated rings. The summed E-state index contributed by atoms with van der Waals surface area (Å²) in [4.78, 5) is 33.9. The molecule has 148 valence electrons. The molecule has 0 radical (unpaired) electrons. The summed E-state index contributed by atoms with van der Waals surface area (Å²) < 4.78 is 21.3. The lowest BCUT2D eigenvalue weighted by molar-refractivity contribution is -0.145. The van der Waals surface area contributed by atoms with Crippen LogP contribution < -0.4 is 0 Å². The van der Waals surface area contributed by atoms with Crippen molar-refractivity contribution in [3.8, 4) is 0 Å². The molecule has 0 saturated carbocycles. The summed E-state index contributed by atoms with van der Waals surface area (Å²) in [6, 6.07) is 0. The topological polar surface area (TPSA) is 89.9 Å². The zero-order chi connectivity index (χ0) is 19.3. The van der Waals surface area contributed by atoms with Gasteiger partial charge in [-0.2, -0.15) is 0 Å². The molecule has 0 aromatic carbocycles. The molecule has 0 saturated heterocycles. The molecular weight excluding hydrogens is 343 g/mol. The Hall–Kier alpha value is -0.870. The van der Waals surface area contributed by atoms with Crippen molar-refractivity contribution >= 4 is 19.8 Å². The fourth-order valence-corrected chi connectivity index (χ4v) is 3.44. The number of hydrogen-bond acceptors (Lipinski definition) is 5. The molecule has 0 aromatic rings. The van der Waals surface area contributed by atoms with Crippen LogP contribution in [0.2, 0.25) is 0 Å². The maximum atomic E-state index is 12.1. The van der Waals surface area contributed by atoms with Crippen LogP contribution >= 0.6 is 7.82 Å². The zero-order valence-electron chi connectivity index (χ0n) is 16.2. The summed E-state index contributed by atoms with van der Waals surface area (Å²) in [5, 5.41) is 0. The van der Waals surface area contributed by atoms with E-state index in [1.807, 2.05) is 13.8 Å². The van der Waals surface area contributed by atoms with E-state index in [1.165, 1.54) is 0 Å². The lowest BCUT2D eigenvalue weighted by Gasteiger charge is -2.19. The standard InChI is InChI=1S/C18H35O6P/c1-5-9-11-13-15(7-3)17(19)23-25(21,22)24-18(20)16(8-4)14-12-10-6-2/h15-16H,5-14H2,1-4H3,(H,21,22). The van der Waals surface area contributed by atoms with Crippen molar-refractivity contribution in [1.82, 2.24) is 0 Å². The smallest absolute Gasteiger partial charge is 0.361 e. The highest BCUT2D eigenvalue weighted by Crippen LogP contribution is 2.45. The Labute approximate surface area is 152 Å². The van der Waals surface area contributed by atoms with Gasteiger partial charge in [-0.25, -0.2) is 4.57 Å². The van der Waals surface area contributed by atoms with E-state index in [9.17, 15) is 19.0 Å². The van der Waals surface area contributed by atoms with Gasteiger partial charge in [-0.3, -0.25) is 14.5 Å². The molecule has 25 heavy (non-hydrogen) atoms. The van der Waals surface area contributed by atoms with Crippen LogP contribution in [-0.2, 0) is 23.2 Å². The fraction of sp³-hybridized carbons (Fsp3) is 0.889. The van der Waals surface area contributed by atoms with Crippen LogP contribution in [0.15, 0.2) is 0 Å². The maximum absolute atomic E-state index is 12.1. The monoisotopic (exact) mass is 378 g/mol. The van der Waals surface area contributed by atoms with E-state index in [0.717, 1.165) is 38.5 Å². The molecule has 2 atom stereocenters. The molecule has 0 amide bonds. The largest absolute Gasteiger partial charge is 0.589 e. The van der Waals surface area contributed by atoms with Crippen LogP contribution in [0.25, 0.3) is 0 Å². The van der Waals surface area contributed by atoms with Gasteiger partial charge in [0, 0.05) is 0 Å². The third kappa shape index (κ3) is 10.7. The van der Waals surface area contributed by atoms with E-state index in [0.29, 0.717) is 25.7 Å². The van der Waals surface area contributed by atoms with Crippen LogP contribution in [0.1, 0.15) is 91.9 Å². The first-order valence-corrected chi connectivity index (χ1v) is 11.1. The predicted molar refractivity (Wildman–Crippen MR) is 97.9 cm³/mol. The summed E-state index contributed by atoms with van der Waals surface area (Å²) in [5.74, 6) is -2.43. The Kier molecular flexibility index (Phi) is 12.9. The summed E-state index contributed by atoms with van der Waals surface area (Å²) in [7, 11) is -4.72. The molecule has 1 N–H and O–H groups in total. The van der Waals surface area contributed by atoms with Gasteiger partial charge in [0.2, 0.25) is 0 Å². The lowest BCUT2D eigenvalue weighted by Crippen LogP contribution is -2.20. The minimum Gasteiger partial charge on any atom is -0.361 e. The molecule has 0 aliphatic carbocycles. The van der Waals surface area contributed by atoms with Gasteiger partial charge in [-0.1, -0.05) is 66.2 Å². The number of phosphoric acid groups is 1. The zero-order valence-corrected chi connectivity index (χ0v) is 17.1. The number of phosphoric ester groups is 1. The lowest BCUT2D eigenvalue weighted by atomic mass is 9.99. The molecule has 0 aliphatic rings. The van der Waals surface area contributed by atoms with Gasteiger partial charge < -0.3 is 9.05 Å². The average Bonchev–Trinajstić information content (AvgIpc) is 2.54. The van der Waals surface area contributed by atoms with Gasteiger partial charge in [0.05, 0.1) is 11.8 Å². The van der Waals surface area contributed by atoms with E-state index >= 15 is 0 Å². The number of carbonyl (C=O) groups excluding carboxylic acids is 2. The van der Waals surface area contributed by atoms with Crippen molar-refractivity contribution in [3.05, 3.63) is 0 Å². The molecule has 0 heterocycles. The van der Waals surface area contributed by atoms with Gasteiger partial charge in [0.25, 0.3) is 0 Å². The molecule has 7 heteroatoms. The molecule has 0 spiro atoms. The van der Waals surface area contributed by atoms with Crippen molar-refractivity contribution < 1.29 is 28.1 Å². The van der Waals surface area contributed by atoms with Crippen LogP contribution in [0, 0.1) is 11.8 Å². The Morgan fingerprint density at radius 1 is 0.800 bits per heavy atom. The second-order valence-corrected chi connectivity index (χ2v) is 7.79. The fourth-order valence-electron chi connectivity index (χ4n) is 2.65. The molecular formula is C18H35O6P. The van der Waals surface area contributed by atoms with Crippen molar-refractivity contribution in [2.45, 2.75) is 91.9 Å². The summed E-state index contributed by atoms with van der Waals surface area (Å²) in [6.07, 6.45) is 7.99. The van der Waals surface area contributed by atoms with Gasteiger partial charge >= 0.3 is 19.8 Å². The first-order chi connectivity index (χ1) is 11.8. The Morgan fingerprint density at radius 2 is 1.16 bits per heavy atom. The maximum Gasteiger partial charge on any atom is 0.589 e. The SMILES string of the molecule is CCCCCC(CC)C(=O)OP(=O)(O)OC(=O)C(CC)CCCCC. The van der Waals surface area contributed by atoms with Crippen molar-refractivity contribution in [2.24, 2.45) is 11.8 Å². The van der Waals surface area contributed by atoms with E-state index in [2.05, 4.69) is 22.9 Å².